The van der Waals surface area contributed by atoms with Crippen LogP contribution in [0.5, 0.6) is 0 Å². The van der Waals surface area contributed by atoms with Crippen molar-refractivity contribution in [2.24, 2.45) is 0 Å². The second-order valence-electron chi connectivity index (χ2n) is 6.72. The van der Waals surface area contributed by atoms with Crippen molar-refractivity contribution >= 4 is 64.4 Å². The van der Waals surface area contributed by atoms with Gasteiger partial charge in [0, 0.05) is 15.6 Å². The average molecular weight is 476 g/mol. The maximum atomic E-state index is 13.0. The van der Waals surface area contributed by atoms with Crippen LogP contribution in [0.4, 0.5) is 10.5 Å². The van der Waals surface area contributed by atoms with Crippen LogP contribution in [0.15, 0.2) is 58.5 Å². The Bertz CT molecular complexity index is 1280. The lowest BCUT2D eigenvalue weighted by atomic mass is 10.1. The first-order valence-corrected chi connectivity index (χ1v) is 10.1. The second kappa shape index (κ2) is 8.23. The number of carbonyl (C=O) groups is 3. The number of furan rings is 1. The number of carbonyl (C=O) groups excluding carboxylic acids is 3. The molecule has 0 unspecified atom stereocenters. The van der Waals surface area contributed by atoms with E-state index in [-0.39, 0.29) is 17.0 Å². The molecule has 0 bridgehead atoms. The maximum absolute atomic E-state index is 13.0. The third-order valence-electron chi connectivity index (χ3n) is 4.62. The van der Waals surface area contributed by atoms with Gasteiger partial charge in [0.15, 0.2) is 0 Å². The molecule has 2 heterocycles. The minimum atomic E-state index is -0.863. The number of halogens is 3. The van der Waals surface area contributed by atoms with Crippen molar-refractivity contribution in [3.8, 4) is 11.3 Å². The molecule has 4 amide bonds. The van der Waals surface area contributed by atoms with Crippen LogP contribution in [0.1, 0.15) is 11.3 Å². The van der Waals surface area contributed by atoms with E-state index in [0.29, 0.717) is 26.4 Å². The fourth-order valence-corrected chi connectivity index (χ4v) is 3.57. The highest BCUT2D eigenvalue weighted by atomic mass is 35.5. The first kappa shape index (κ1) is 21.2. The summed E-state index contributed by atoms with van der Waals surface area (Å²) in [5.41, 5.74) is 1.31. The SMILES string of the molecule is Cc1ccc(N2C(=O)NC(=O)/C(=C/c3ccc(-c4cc(Cl)ccc4Cl)o3)C2=O)cc1Cl. The monoisotopic (exact) mass is 474 g/mol. The van der Waals surface area contributed by atoms with E-state index in [0.717, 1.165) is 10.5 Å². The highest BCUT2D eigenvalue weighted by Crippen LogP contribution is 2.33. The number of aryl methyl sites for hydroxylation is 1. The summed E-state index contributed by atoms with van der Waals surface area (Å²) in [5, 5.41) is 3.44. The minimum absolute atomic E-state index is 0.223. The standard InChI is InChI=1S/C22H13Cl3N2O4/c1-11-2-4-13(9-18(11)25)27-21(29)16(20(28)26-22(27)30)10-14-5-7-19(31-14)15-8-12(23)3-6-17(15)24/h2-10H,1H3,(H,26,28,30)/b16-10-. The Kier molecular flexibility index (Phi) is 5.62. The Balaban J connectivity index is 1.70. The van der Waals surface area contributed by atoms with Gasteiger partial charge in [-0.15, -0.1) is 0 Å². The molecule has 3 aromatic rings. The van der Waals surface area contributed by atoms with Crippen molar-refractivity contribution in [1.29, 1.82) is 0 Å². The molecular formula is C22H13Cl3N2O4. The lowest BCUT2D eigenvalue weighted by Gasteiger charge is -2.26. The van der Waals surface area contributed by atoms with E-state index < -0.39 is 17.8 Å². The molecule has 6 nitrogen and oxygen atoms in total. The van der Waals surface area contributed by atoms with Crippen LogP contribution < -0.4 is 10.2 Å². The average Bonchev–Trinajstić information content (AvgIpc) is 3.18. The van der Waals surface area contributed by atoms with Gasteiger partial charge in [0.1, 0.15) is 17.1 Å². The number of hydrogen-bond donors (Lipinski definition) is 1. The maximum Gasteiger partial charge on any atom is 0.335 e. The molecule has 9 heteroatoms. The van der Waals surface area contributed by atoms with Crippen molar-refractivity contribution in [3.05, 3.63) is 80.5 Å². The number of hydrogen-bond acceptors (Lipinski definition) is 4. The number of nitrogens with zero attached hydrogens (tertiary/aromatic N) is 1. The smallest absolute Gasteiger partial charge is 0.335 e. The molecule has 0 saturated carbocycles. The highest BCUT2D eigenvalue weighted by Gasteiger charge is 2.37. The molecule has 1 aliphatic heterocycles. The Morgan fingerprint density at radius 1 is 0.935 bits per heavy atom. The zero-order valence-electron chi connectivity index (χ0n) is 15.9. The number of nitrogens with one attached hydrogen (secondary N) is 1. The molecule has 0 atom stereocenters. The number of benzene rings is 2. The Morgan fingerprint density at radius 2 is 1.71 bits per heavy atom. The normalized spacial score (nSPS) is 15.5. The van der Waals surface area contributed by atoms with Crippen LogP contribution in [0, 0.1) is 6.92 Å². The summed E-state index contributed by atoms with van der Waals surface area (Å²) in [6.45, 7) is 1.79. The Labute approximate surface area is 192 Å². The molecule has 0 radical (unpaired) electrons. The molecule has 1 saturated heterocycles. The van der Waals surface area contributed by atoms with Gasteiger partial charge in [0.05, 0.1) is 10.7 Å². The van der Waals surface area contributed by atoms with E-state index in [1.807, 2.05) is 0 Å². The van der Waals surface area contributed by atoms with Gasteiger partial charge in [0.2, 0.25) is 0 Å². The van der Waals surface area contributed by atoms with E-state index in [1.54, 1.807) is 49.4 Å². The predicted octanol–water partition coefficient (Wildman–Crippen LogP) is 5.88. The molecule has 2 aromatic carbocycles. The molecule has 1 aliphatic rings. The second-order valence-corrected chi connectivity index (χ2v) is 7.97. The number of anilines is 1. The lowest BCUT2D eigenvalue weighted by molar-refractivity contribution is -0.122. The summed E-state index contributed by atoms with van der Waals surface area (Å²) in [4.78, 5) is 38.5. The van der Waals surface area contributed by atoms with Crippen LogP contribution in [-0.4, -0.2) is 17.8 Å². The molecule has 4 rings (SSSR count). The van der Waals surface area contributed by atoms with Gasteiger partial charge in [-0.25, -0.2) is 9.69 Å². The van der Waals surface area contributed by atoms with Gasteiger partial charge in [-0.05, 0) is 61.0 Å². The number of urea groups is 1. The van der Waals surface area contributed by atoms with Crippen molar-refractivity contribution in [3.63, 3.8) is 0 Å². The topological polar surface area (TPSA) is 79.6 Å². The van der Waals surface area contributed by atoms with Gasteiger partial charge in [0.25, 0.3) is 11.8 Å². The van der Waals surface area contributed by atoms with E-state index >= 15 is 0 Å². The summed E-state index contributed by atoms with van der Waals surface area (Å²) in [7, 11) is 0. The zero-order valence-corrected chi connectivity index (χ0v) is 18.2. The fourth-order valence-electron chi connectivity index (χ4n) is 3.02. The van der Waals surface area contributed by atoms with E-state index in [9.17, 15) is 14.4 Å². The first-order chi connectivity index (χ1) is 14.7. The Morgan fingerprint density at radius 3 is 2.45 bits per heavy atom. The summed E-state index contributed by atoms with van der Waals surface area (Å²) in [6.07, 6.45) is 1.26. The quantitative estimate of drug-likeness (QED) is 0.379. The van der Waals surface area contributed by atoms with Crippen molar-refractivity contribution in [2.45, 2.75) is 6.92 Å². The van der Waals surface area contributed by atoms with Crippen LogP contribution in [0.2, 0.25) is 15.1 Å². The molecule has 156 valence electrons. The van der Waals surface area contributed by atoms with Crippen molar-refractivity contribution in [1.82, 2.24) is 5.32 Å². The summed E-state index contributed by atoms with van der Waals surface area (Å²) >= 11 is 18.3. The predicted molar refractivity (Wildman–Crippen MR) is 119 cm³/mol. The molecule has 31 heavy (non-hydrogen) atoms. The third-order valence-corrected chi connectivity index (χ3v) is 5.59. The van der Waals surface area contributed by atoms with E-state index in [1.165, 1.54) is 12.1 Å². The van der Waals surface area contributed by atoms with Crippen LogP contribution >= 0.6 is 34.8 Å². The van der Waals surface area contributed by atoms with Crippen LogP contribution in [0.25, 0.3) is 17.4 Å². The molecule has 0 aliphatic carbocycles. The fraction of sp³-hybridized carbons (Fsp3) is 0.0455. The molecule has 0 spiro atoms. The molecule has 1 N–H and O–H groups in total. The van der Waals surface area contributed by atoms with Gasteiger partial charge in [-0.3, -0.25) is 14.9 Å². The van der Waals surface area contributed by atoms with E-state index in [2.05, 4.69) is 5.32 Å². The number of amides is 4. The van der Waals surface area contributed by atoms with Crippen LogP contribution in [0.3, 0.4) is 0 Å². The van der Waals surface area contributed by atoms with Gasteiger partial charge >= 0.3 is 6.03 Å². The van der Waals surface area contributed by atoms with Gasteiger partial charge in [-0.2, -0.15) is 0 Å². The summed E-state index contributed by atoms with van der Waals surface area (Å²) < 4.78 is 5.73. The summed E-state index contributed by atoms with van der Waals surface area (Å²) in [6, 6.07) is 12.0. The van der Waals surface area contributed by atoms with Gasteiger partial charge in [-0.1, -0.05) is 40.9 Å². The van der Waals surface area contributed by atoms with Crippen LogP contribution in [-0.2, 0) is 9.59 Å². The van der Waals surface area contributed by atoms with E-state index in [4.69, 9.17) is 39.2 Å². The summed E-state index contributed by atoms with van der Waals surface area (Å²) in [5.74, 6) is -1.00. The molecule has 1 aromatic heterocycles. The number of barbiturate groups is 1. The van der Waals surface area contributed by atoms with Crippen molar-refractivity contribution in [2.75, 3.05) is 4.90 Å². The number of rotatable bonds is 3. The number of imide groups is 2. The Hall–Kier alpha value is -3.06. The van der Waals surface area contributed by atoms with Crippen molar-refractivity contribution < 1.29 is 18.8 Å². The lowest BCUT2D eigenvalue weighted by Crippen LogP contribution is -2.54. The molecular weight excluding hydrogens is 463 g/mol. The highest BCUT2D eigenvalue weighted by molar-refractivity contribution is 6.39. The first-order valence-electron chi connectivity index (χ1n) is 8.97. The zero-order chi connectivity index (χ0) is 22.3. The minimum Gasteiger partial charge on any atom is -0.457 e. The largest absolute Gasteiger partial charge is 0.457 e. The van der Waals surface area contributed by atoms with Gasteiger partial charge < -0.3 is 4.42 Å². The third kappa shape index (κ3) is 4.10. The molecule has 1 fully saturated rings.